The summed E-state index contributed by atoms with van der Waals surface area (Å²) in [4.78, 5) is 14.8. The Morgan fingerprint density at radius 3 is 2.41 bits per heavy atom. The Kier molecular flexibility index (Phi) is 8.37. The molecule has 0 unspecified atom stereocenters. The van der Waals surface area contributed by atoms with Crippen molar-refractivity contribution in [3.8, 4) is 11.5 Å². The molecule has 2 aliphatic rings. The molecule has 0 radical (unpaired) electrons. The van der Waals surface area contributed by atoms with Gasteiger partial charge >= 0.3 is 12.5 Å². The van der Waals surface area contributed by atoms with Crippen LogP contribution >= 0.6 is 0 Å². The number of aliphatic hydroxyl groups is 2. The zero-order chi connectivity index (χ0) is 28.4. The first-order chi connectivity index (χ1) is 18.3. The number of likely N-dealkylation sites (tertiary alicyclic amines) is 1. The fourth-order valence-corrected chi connectivity index (χ4v) is 5.18. The maximum absolute atomic E-state index is 13.3. The average Bonchev–Trinajstić information content (AvgIpc) is 3.66. The highest BCUT2D eigenvalue weighted by Crippen LogP contribution is 2.47. The topological polar surface area (TPSA) is 88.5 Å². The van der Waals surface area contributed by atoms with Crippen LogP contribution in [-0.2, 0) is 4.74 Å². The Bertz CT molecular complexity index is 1130. The van der Waals surface area contributed by atoms with E-state index >= 15 is 0 Å². The molecule has 1 saturated heterocycles. The van der Waals surface area contributed by atoms with Gasteiger partial charge in [0.25, 0.3) is 0 Å². The van der Waals surface area contributed by atoms with Crippen molar-refractivity contribution in [2.45, 2.75) is 88.5 Å². The van der Waals surface area contributed by atoms with E-state index in [-0.39, 0.29) is 12.5 Å². The second-order valence-corrected chi connectivity index (χ2v) is 11.3. The molecule has 0 spiro atoms. The maximum Gasteiger partial charge on any atom is 0.573 e. The molecule has 1 aliphatic heterocycles. The summed E-state index contributed by atoms with van der Waals surface area (Å²) in [5.41, 5.74) is -1.29. The van der Waals surface area contributed by atoms with Gasteiger partial charge in [-0.2, -0.15) is 0 Å². The summed E-state index contributed by atoms with van der Waals surface area (Å²) in [6.45, 7) is 5.17. The molecule has 2 aromatic carbocycles. The number of amides is 1. The quantitative estimate of drug-likeness (QED) is 0.413. The van der Waals surface area contributed by atoms with E-state index in [4.69, 9.17) is 9.47 Å². The van der Waals surface area contributed by atoms with Crippen LogP contribution < -0.4 is 9.47 Å². The van der Waals surface area contributed by atoms with Gasteiger partial charge in [0.15, 0.2) is 0 Å². The lowest BCUT2D eigenvalue weighted by molar-refractivity contribution is -0.274. The van der Waals surface area contributed by atoms with Crippen molar-refractivity contribution in [2.75, 3.05) is 13.2 Å². The molecule has 0 bridgehead atoms. The number of hydrogen-bond donors (Lipinski definition) is 2. The minimum Gasteiger partial charge on any atom is -0.490 e. The third kappa shape index (κ3) is 7.57. The van der Waals surface area contributed by atoms with Crippen molar-refractivity contribution in [3.05, 3.63) is 59.7 Å². The fourth-order valence-electron chi connectivity index (χ4n) is 5.18. The molecule has 2 aromatic rings. The van der Waals surface area contributed by atoms with Gasteiger partial charge in [0.2, 0.25) is 0 Å². The van der Waals surface area contributed by atoms with Gasteiger partial charge in [0.1, 0.15) is 17.1 Å². The first kappa shape index (κ1) is 29.0. The SMILES string of the molecule is CC(C)(C)OC(=O)N1CCC[C@](O)(C[C@H](CO)c2cc(OC(F)(F)F)ccc2OC2CC2)[C@H]1c1ccccc1. The number of ether oxygens (including phenoxy) is 3. The number of carbonyl (C=O) groups is 1. The van der Waals surface area contributed by atoms with Gasteiger partial charge in [0, 0.05) is 18.0 Å². The molecule has 4 rings (SSSR count). The Morgan fingerprint density at radius 2 is 1.82 bits per heavy atom. The minimum absolute atomic E-state index is 0.0428. The van der Waals surface area contributed by atoms with E-state index in [9.17, 15) is 28.2 Å². The molecule has 1 heterocycles. The molecule has 7 nitrogen and oxygen atoms in total. The van der Waals surface area contributed by atoms with E-state index < -0.39 is 48.0 Å². The van der Waals surface area contributed by atoms with Gasteiger partial charge < -0.3 is 24.4 Å². The first-order valence-electron chi connectivity index (χ1n) is 13.2. The number of hydrogen-bond acceptors (Lipinski definition) is 6. The van der Waals surface area contributed by atoms with Crippen LogP contribution in [0.1, 0.15) is 76.0 Å². The van der Waals surface area contributed by atoms with Crippen molar-refractivity contribution in [1.29, 1.82) is 0 Å². The van der Waals surface area contributed by atoms with Gasteiger partial charge in [0.05, 0.1) is 24.4 Å². The Labute approximate surface area is 226 Å². The third-order valence-electron chi connectivity index (χ3n) is 6.87. The molecular weight excluding hydrogens is 515 g/mol. The average molecular weight is 552 g/mol. The minimum atomic E-state index is -4.89. The van der Waals surface area contributed by atoms with Crippen LogP contribution in [-0.4, -0.2) is 58.0 Å². The molecule has 3 atom stereocenters. The van der Waals surface area contributed by atoms with Crippen LogP contribution in [0, 0.1) is 0 Å². The predicted molar refractivity (Wildman–Crippen MR) is 138 cm³/mol. The lowest BCUT2D eigenvalue weighted by Crippen LogP contribution is -2.54. The van der Waals surface area contributed by atoms with Crippen molar-refractivity contribution in [3.63, 3.8) is 0 Å². The van der Waals surface area contributed by atoms with Crippen molar-refractivity contribution in [1.82, 2.24) is 4.90 Å². The van der Waals surface area contributed by atoms with Crippen LogP contribution in [0.25, 0.3) is 0 Å². The number of alkyl halides is 3. The summed E-state index contributed by atoms with van der Waals surface area (Å²) >= 11 is 0. The van der Waals surface area contributed by atoms with E-state index in [0.717, 1.165) is 12.8 Å². The van der Waals surface area contributed by atoms with E-state index in [1.807, 2.05) is 18.2 Å². The van der Waals surface area contributed by atoms with Crippen LogP contribution in [0.4, 0.5) is 18.0 Å². The number of benzene rings is 2. The monoisotopic (exact) mass is 551 g/mol. The second kappa shape index (κ2) is 11.3. The van der Waals surface area contributed by atoms with Crippen molar-refractivity contribution < 1.29 is 42.4 Å². The Morgan fingerprint density at radius 1 is 1.13 bits per heavy atom. The number of rotatable bonds is 8. The molecular formula is C29H36F3NO6. The van der Waals surface area contributed by atoms with Gasteiger partial charge in [-0.05, 0) is 76.6 Å². The van der Waals surface area contributed by atoms with Crippen LogP contribution in [0.2, 0.25) is 0 Å². The molecule has 214 valence electrons. The maximum atomic E-state index is 13.3. The molecule has 2 N–H and O–H groups in total. The molecule has 10 heteroatoms. The molecule has 39 heavy (non-hydrogen) atoms. The fraction of sp³-hybridized carbons (Fsp3) is 0.552. The van der Waals surface area contributed by atoms with E-state index in [0.29, 0.717) is 36.3 Å². The highest BCUT2D eigenvalue weighted by molar-refractivity contribution is 5.69. The summed E-state index contributed by atoms with van der Waals surface area (Å²) in [5.74, 6) is -0.902. The van der Waals surface area contributed by atoms with Gasteiger partial charge in [-0.1, -0.05) is 30.3 Å². The molecule has 1 saturated carbocycles. The highest BCUT2D eigenvalue weighted by atomic mass is 19.4. The lowest BCUT2D eigenvalue weighted by atomic mass is 9.74. The first-order valence-corrected chi connectivity index (χ1v) is 13.2. The van der Waals surface area contributed by atoms with Crippen molar-refractivity contribution >= 4 is 6.09 Å². The number of carbonyl (C=O) groups excluding carboxylic acids is 1. The van der Waals surface area contributed by atoms with Crippen LogP contribution in [0.15, 0.2) is 48.5 Å². The zero-order valence-electron chi connectivity index (χ0n) is 22.4. The number of piperidine rings is 1. The summed E-state index contributed by atoms with van der Waals surface area (Å²) in [5, 5.41) is 22.7. The second-order valence-electron chi connectivity index (χ2n) is 11.3. The smallest absolute Gasteiger partial charge is 0.490 e. The van der Waals surface area contributed by atoms with Gasteiger partial charge in [-0.15, -0.1) is 13.2 Å². The number of aliphatic hydroxyl groups excluding tert-OH is 1. The molecule has 0 aromatic heterocycles. The van der Waals surface area contributed by atoms with Crippen LogP contribution in [0.5, 0.6) is 11.5 Å². The van der Waals surface area contributed by atoms with E-state index in [1.165, 1.54) is 23.1 Å². The number of halogens is 3. The summed E-state index contributed by atoms with van der Waals surface area (Å²) in [6.07, 6.45) is -3.12. The summed E-state index contributed by atoms with van der Waals surface area (Å²) in [6, 6.07) is 12.0. The molecule has 1 amide bonds. The normalized spacial score (nSPS) is 22.8. The highest BCUT2D eigenvalue weighted by Gasteiger charge is 2.48. The van der Waals surface area contributed by atoms with E-state index in [2.05, 4.69) is 4.74 Å². The summed E-state index contributed by atoms with van der Waals surface area (Å²) < 4.78 is 54.7. The lowest BCUT2D eigenvalue weighted by Gasteiger charge is -2.48. The molecule has 2 fully saturated rings. The standard InChI is InChI=1S/C29H36F3NO6/c1-27(2,3)39-26(35)33-15-7-14-28(36,25(33)19-8-5-4-6-9-19)17-20(18-34)23-16-22(38-29(30,31)32)12-13-24(23)37-21-10-11-21/h4-6,8-9,12-13,16,20-21,25,34,36H,7,10-11,14-15,17-18H2,1-3H3/t20-,25-,28+/m1/s1. The predicted octanol–water partition coefficient (Wildman–Crippen LogP) is 6.10. The summed E-state index contributed by atoms with van der Waals surface area (Å²) in [7, 11) is 0. The van der Waals surface area contributed by atoms with Gasteiger partial charge in [-0.25, -0.2) is 4.79 Å². The number of nitrogens with zero attached hydrogens (tertiary/aromatic N) is 1. The van der Waals surface area contributed by atoms with E-state index in [1.54, 1.807) is 32.9 Å². The molecule has 1 aliphatic carbocycles. The third-order valence-corrected chi connectivity index (χ3v) is 6.87. The van der Waals surface area contributed by atoms with Crippen LogP contribution in [0.3, 0.4) is 0 Å². The largest absolute Gasteiger partial charge is 0.573 e. The van der Waals surface area contributed by atoms with Gasteiger partial charge in [-0.3, -0.25) is 4.90 Å². The zero-order valence-corrected chi connectivity index (χ0v) is 22.4. The Hall–Kier alpha value is -2.98. The van der Waals surface area contributed by atoms with Crippen molar-refractivity contribution in [2.24, 2.45) is 0 Å². The Balaban J connectivity index is 1.71.